The van der Waals surface area contributed by atoms with E-state index >= 15 is 0 Å². The molecule has 1 N–H and O–H groups in total. The van der Waals surface area contributed by atoms with Crippen LogP contribution in [-0.2, 0) is 9.47 Å². The molecule has 86 valence electrons. The van der Waals surface area contributed by atoms with Crippen molar-refractivity contribution in [2.75, 3.05) is 6.61 Å². The Labute approximate surface area is 91.5 Å². The van der Waals surface area contributed by atoms with Crippen molar-refractivity contribution in [2.45, 2.75) is 69.4 Å². The lowest BCUT2D eigenvalue weighted by Gasteiger charge is -2.32. The van der Waals surface area contributed by atoms with E-state index in [1.807, 2.05) is 0 Å². The maximum atomic E-state index is 5.86. The van der Waals surface area contributed by atoms with Crippen LogP contribution < -0.4 is 5.32 Å². The Hall–Kier alpha value is -0.120. The molecule has 3 heterocycles. The molecule has 0 radical (unpaired) electrons. The van der Waals surface area contributed by atoms with Gasteiger partial charge in [-0.05, 0) is 39.0 Å². The fourth-order valence-corrected chi connectivity index (χ4v) is 3.27. The maximum absolute atomic E-state index is 5.86. The second-order valence-electron chi connectivity index (χ2n) is 5.29. The first kappa shape index (κ1) is 10.1. The van der Waals surface area contributed by atoms with E-state index in [2.05, 4.69) is 12.2 Å². The van der Waals surface area contributed by atoms with Gasteiger partial charge in [0.25, 0.3) is 0 Å². The minimum atomic E-state index is 0.427. The summed E-state index contributed by atoms with van der Waals surface area (Å²) in [5.41, 5.74) is 0. The fourth-order valence-electron chi connectivity index (χ4n) is 3.27. The molecule has 0 amide bonds. The van der Waals surface area contributed by atoms with Gasteiger partial charge in [-0.15, -0.1) is 0 Å². The van der Waals surface area contributed by atoms with E-state index in [4.69, 9.17) is 9.47 Å². The summed E-state index contributed by atoms with van der Waals surface area (Å²) >= 11 is 0. The summed E-state index contributed by atoms with van der Waals surface area (Å²) in [6, 6.07) is 1.28. The van der Waals surface area contributed by atoms with E-state index in [-0.39, 0.29) is 0 Å². The first-order valence-corrected chi connectivity index (χ1v) is 6.34. The molecule has 3 heteroatoms. The van der Waals surface area contributed by atoms with E-state index in [0.29, 0.717) is 30.4 Å². The standard InChI is InChI=1S/C12H21NO2/c1-8-6-9(4-5-14-8)13-11-7-10-2-3-12(11)15-10/h8-13H,2-7H2,1H3. The van der Waals surface area contributed by atoms with Crippen LogP contribution in [0.15, 0.2) is 0 Å². The van der Waals surface area contributed by atoms with E-state index in [1.54, 1.807) is 0 Å². The van der Waals surface area contributed by atoms with Crippen molar-refractivity contribution in [1.82, 2.24) is 5.32 Å². The average molecular weight is 211 g/mol. The van der Waals surface area contributed by atoms with Crippen LogP contribution in [-0.4, -0.2) is 37.0 Å². The highest BCUT2D eigenvalue weighted by molar-refractivity contribution is 4.95. The third kappa shape index (κ3) is 2.05. The molecule has 0 saturated carbocycles. The van der Waals surface area contributed by atoms with Gasteiger partial charge in [-0.25, -0.2) is 0 Å². The number of nitrogens with one attached hydrogen (secondary N) is 1. The molecule has 3 fully saturated rings. The summed E-state index contributed by atoms with van der Waals surface area (Å²) in [4.78, 5) is 0. The summed E-state index contributed by atoms with van der Waals surface area (Å²) in [7, 11) is 0. The Morgan fingerprint density at radius 3 is 2.73 bits per heavy atom. The normalized spacial score (nSPS) is 49.8. The molecule has 5 atom stereocenters. The topological polar surface area (TPSA) is 30.5 Å². The molecule has 3 saturated heterocycles. The van der Waals surface area contributed by atoms with Gasteiger partial charge in [0.05, 0.1) is 18.3 Å². The molecule has 0 aromatic carbocycles. The van der Waals surface area contributed by atoms with Gasteiger partial charge in [-0.3, -0.25) is 0 Å². The lowest BCUT2D eigenvalue weighted by molar-refractivity contribution is 0.00882. The summed E-state index contributed by atoms with van der Waals surface area (Å²) in [5, 5.41) is 3.77. The predicted molar refractivity (Wildman–Crippen MR) is 57.9 cm³/mol. The molecule has 3 aliphatic heterocycles. The van der Waals surface area contributed by atoms with Crippen LogP contribution in [0.5, 0.6) is 0 Å². The van der Waals surface area contributed by atoms with Gasteiger partial charge in [0.1, 0.15) is 0 Å². The molecule has 5 unspecified atom stereocenters. The van der Waals surface area contributed by atoms with Crippen molar-refractivity contribution in [3.05, 3.63) is 0 Å². The van der Waals surface area contributed by atoms with Crippen LogP contribution in [0.1, 0.15) is 39.0 Å². The van der Waals surface area contributed by atoms with Crippen molar-refractivity contribution in [2.24, 2.45) is 0 Å². The second-order valence-corrected chi connectivity index (χ2v) is 5.29. The highest BCUT2D eigenvalue weighted by Crippen LogP contribution is 2.35. The Morgan fingerprint density at radius 1 is 1.13 bits per heavy atom. The monoisotopic (exact) mass is 211 g/mol. The smallest absolute Gasteiger partial charge is 0.0733 e. The first-order chi connectivity index (χ1) is 7.31. The van der Waals surface area contributed by atoms with Crippen LogP contribution >= 0.6 is 0 Å². The highest BCUT2D eigenvalue weighted by atomic mass is 16.5. The Balaban J connectivity index is 1.52. The summed E-state index contributed by atoms with van der Waals surface area (Å²) < 4.78 is 11.4. The number of fused-ring (bicyclic) bond motifs is 2. The lowest BCUT2D eigenvalue weighted by Crippen LogP contribution is -2.47. The van der Waals surface area contributed by atoms with Gasteiger partial charge < -0.3 is 14.8 Å². The van der Waals surface area contributed by atoms with E-state index < -0.39 is 0 Å². The Bertz CT molecular complexity index is 234. The molecule has 3 aliphatic rings. The Morgan fingerprint density at radius 2 is 2.07 bits per heavy atom. The van der Waals surface area contributed by atoms with E-state index in [1.165, 1.54) is 19.3 Å². The van der Waals surface area contributed by atoms with E-state index in [9.17, 15) is 0 Å². The molecule has 0 aliphatic carbocycles. The minimum absolute atomic E-state index is 0.427. The van der Waals surface area contributed by atoms with Crippen molar-refractivity contribution >= 4 is 0 Å². The van der Waals surface area contributed by atoms with E-state index in [0.717, 1.165) is 19.4 Å². The number of ether oxygens (including phenoxy) is 2. The SMILES string of the molecule is CC1CC(NC2CC3CCC2O3)CCO1. The molecule has 0 spiro atoms. The molecule has 3 rings (SSSR count). The Kier molecular flexibility index (Phi) is 2.71. The van der Waals surface area contributed by atoms with Crippen LogP contribution in [0.25, 0.3) is 0 Å². The summed E-state index contributed by atoms with van der Waals surface area (Å²) in [6.07, 6.45) is 7.60. The highest BCUT2D eigenvalue weighted by Gasteiger charge is 2.41. The van der Waals surface area contributed by atoms with Crippen molar-refractivity contribution in [1.29, 1.82) is 0 Å². The van der Waals surface area contributed by atoms with Gasteiger partial charge in [0.15, 0.2) is 0 Å². The zero-order valence-corrected chi connectivity index (χ0v) is 9.45. The molecule has 0 aromatic rings. The van der Waals surface area contributed by atoms with Crippen molar-refractivity contribution in [3.8, 4) is 0 Å². The maximum Gasteiger partial charge on any atom is 0.0733 e. The quantitative estimate of drug-likeness (QED) is 0.750. The summed E-state index contributed by atoms with van der Waals surface area (Å²) in [5.74, 6) is 0. The lowest BCUT2D eigenvalue weighted by atomic mass is 9.93. The molecule has 0 aromatic heterocycles. The van der Waals surface area contributed by atoms with Gasteiger partial charge in [0, 0.05) is 18.7 Å². The van der Waals surface area contributed by atoms with Crippen LogP contribution in [0.2, 0.25) is 0 Å². The van der Waals surface area contributed by atoms with Gasteiger partial charge >= 0.3 is 0 Å². The zero-order valence-electron chi connectivity index (χ0n) is 9.45. The van der Waals surface area contributed by atoms with Crippen molar-refractivity contribution < 1.29 is 9.47 Å². The largest absolute Gasteiger partial charge is 0.378 e. The van der Waals surface area contributed by atoms with Crippen molar-refractivity contribution in [3.63, 3.8) is 0 Å². The number of hydrogen-bond acceptors (Lipinski definition) is 3. The predicted octanol–water partition coefficient (Wildman–Crippen LogP) is 1.46. The van der Waals surface area contributed by atoms with Crippen LogP contribution in [0, 0.1) is 0 Å². The third-order valence-corrected chi connectivity index (χ3v) is 4.04. The fraction of sp³-hybridized carbons (Fsp3) is 1.00. The molecule has 3 nitrogen and oxygen atoms in total. The number of rotatable bonds is 2. The molecular weight excluding hydrogens is 190 g/mol. The van der Waals surface area contributed by atoms with Gasteiger partial charge in [-0.1, -0.05) is 0 Å². The molecule has 2 bridgehead atoms. The second kappa shape index (κ2) is 4.04. The molecular formula is C12H21NO2. The van der Waals surface area contributed by atoms with Gasteiger partial charge in [-0.2, -0.15) is 0 Å². The summed E-state index contributed by atoms with van der Waals surface area (Å²) in [6.45, 7) is 3.09. The zero-order chi connectivity index (χ0) is 10.3. The van der Waals surface area contributed by atoms with Crippen LogP contribution in [0.3, 0.4) is 0 Å². The first-order valence-electron chi connectivity index (χ1n) is 6.34. The average Bonchev–Trinajstić information content (AvgIpc) is 2.79. The third-order valence-electron chi connectivity index (χ3n) is 4.04. The van der Waals surface area contributed by atoms with Gasteiger partial charge in [0.2, 0.25) is 0 Å². The number of hydrogen-bond donors (Lipinski definition) is 1. The minimum Gasteiger partial charge on any atom is -0.378 e. The van der Waals surface area contributed by atoms with Crippen LogP contribution in [0.4, 0.5) is 0 Å². The molecule has 15 heavy (non-hydrogen) atoms.